The van der Waals surface area contributed by atoms with E-state index in [2.05, 4.69) is 10.2 Å². The van der Waals surface area contributed by atoms with Crippen LogP contribution >= 0.6 is 0 Å². The minimum absolute atomic E-state index is 0.449. The Labute approximate surface area is 46.4 Å². The Kier molecular flexibility index (Phi) is 1.06. The van der Waals surface area contributed by atoms with Crippen LogP contribution in [0.5, 0.6) is 0 Å². The van der Waals surface area contributed by atoms with Crippen LogP contribution in [0, 0.1) is 0 Å². The van der Waals surface area contributed by atoms with Gasteiger partial charge in [-0.2, -0.15) is 10.2 Å². The Balaban J connectivity index is 3.05. The molecule has 8 heavy (non-hydrogen) atoms. The van der Waals surface area contributed by atoms with Gasteiger partial charge in [0.25, 0.3) is 0 Å². The molecule has 40 valence electrons. The molecular weight excluding hydrogens is 104 g/mol. The molecule has 1 aliphatic rings. The van der Waals surface area contributed by atoms with Crippen LogP contribution in [0.1, 0.15) is 6.92 Å². The van der Waals surface area contributed by atoms with Crippen molar-refractivity contribution in [1.82, 2.24) is 0 Å². The van der Waals surface area contributed by atoms with Gasteiger partial charge >= 0.3 is 0 Å². The van der Waals surface area contributed by atoms with Crippen LogP contribution in [0.25, 0.3) is 0 Å². The SMILES string of the molecule is CC1=NN=CC1=C=O. The van der Waals surface area contributed by atoms with Gasteiger partial charge in [0.05, 0.1) is 11.9 Å². The van der Waals surface area contributed by atoms with Gasteiger partial charge in [-0.3, -0.25) is 0 Å². The zero-order valence-corrected chi connectivity index (χ0v) is 4.38. The summed E-state index contributed by atoms with van der Waals surface area (Å²) in [6.45, 7) is 1.72. The minimum atomic E-state index is 0.449. The highest BCUT2D eigenvalue weighted by atomic mass is 16.1. The molecular formula is C5H4N2O. The number of carbonyl (C=O) groups excluding carboxylic acids is 1. The van der Waals surface area contributed by atoms with E-state index in [0.717, 1.165) is 0 Å². The molecule has 0 aromatic carbocycles. The fourth-order valence-corrected chi connectivity index (χ4v) is 0.421. The van der Waals surface area contributed by atoms with E-state index < -0.39 is 0 Å². The maximum absolute atomic E-state index is 9.88. The first-order valence-corrected chi connectivity index (χ1v) is 2.17. The summed E-state index contributed by atoms with van der Waals surface area (Å²) in [6.07, 6.45) is 1.39. The van der Waals surface area contributed by atoms with E-state index in [0.29, 0.717) is 11.3 Å². The highest BCUT2D eigenvalue weighted by Gasteiger charge is 2.02. The molecule has 0 unspecified atom stereocenters. The molecule has 0 radical (unpaired) electrons. The fraction of sp³-hybridized carbons (Fsp3) is 0.200. The van der Waals surface area contributed by atoms with Crippen LogP contribution in [-0.4, -0.2) is 17.9 Å². The molecule has 0 aromatic rings. The van der Waals surface area contributed by atoms with Gasteiger partial charge in [-0.1, -0.05) is 0 Å². The van der Waals surface area contributed by atoms with Crippen molar-refractivity contribution in [2.75, 3.05) is 0 Å². The van der Waals surface area contributed by atoms with Gasteiger partial charge in [0.2, 0.25) is 0 Å². The predicted molar refractivity (Wildman–Crippen MR) is 30.8 cm³/mol. The third-order valence-corrected chi connectivity index (χ3v) is 0.894. The Hall–Kier alpha value is -1.21. The highest BCUT2D eigenvalue weighted by Crippen LogP contribution is 1.97. The van der Waals surface area contributed by atoms with E-state index >= 15 is 0 Å². The fourth-order valence-electron chi connectivity index (χ4n) is 0.421. The smallest absolute Gasteiger partial charge is 0.136 e. The summed E-state index contributed by atoms with van der Waals surface area (Å²) >= 11 is 0. The molecule has 0 aromatic heterocycles. The highest BCUT2D eigenvalue weighted by molar-refractivity contribution is 6.22. The van der Waals surface area contributed by atoms with Crippen molar-refractivity contribution in [2.24, 2.45) is 10.2 Å². The Morgan fingerprint density at radius 1 is 1.75 bits per heavy atom. The minimum Gasteiger partial charge on any atom is -0.233 e. The molecule has 3 heteroatoms. The van der Waals surface area contributed by atoms with E-state index in [-0.39, 0.29) is 0 Å². The van der Waals surface area contributed by atoms with Gasteiger partial charge in [-0.25, -0.2) is 4.79 Å². The van der Waals surface area contributed by atoms with Crippen molar-refractivity contribution in [1.29, 1.82) is 0 Å². The van der Waals surface area contributed by atoms with Gasteiger partial charge in [0, 0.05) is 0 Å². The van der Waals surface area contributed by atoms with Crippen LogP contribution in [0.15, 0.2) is 15.8 Å². The Morgan fingerprint density at radius 3 is 2.75 bits per heavy atom. The number of rotatable bonds is 0. The lowest BCUT2D eigenvalue weighted by Crippen LogP contribution is -1.92. The van der Waals surface area contributed by atoms with Crippen LogP contribution in [0.3, 0.4) is 0 Å². The Morgan fingerprint density at radius 2 is 2.50 bits per heavy atom. The van der Waals surface area contributed by atoms with Crippen LogP contribution in [0.4, 0.5) is 0 Å². The molecule has 0 atom stereocenters. The third kappa shape index (κ3) is 0.591. The maximum Gasteiger partial charge on any atom is 0.136 e. The molecule has 0 N–H and O–H groups in total. The monoisotopic (exact) mass is 108 g/mol. The number of nitrogens with zero attached hydrogens (tertiary/aromatic N) is 2. The van der Waals surface area contributed by atoms with Crippen LogP contribution in [-0.2, 0) is 4.79 Å². The van der Waals surface area contributed by atoms with Gasteiger partial charge in [0.1, 0.15) is 11.5 Å². The van der Waals surface area contributed by atoms with Crippen molar-refractivity contribution in [3.63, 3.8) is 0 Å². The average molecular weight is 108 g/mol. The van der Waals surface area contributed by atoms with Gasteiger partial charge in [0.15, 0.2) is 0 Å². The summed E-state index contributed by atoms with van der Waals surface area (Å²) < 4.78 is 0. The van der Waals surface area contributed by atoms with E-state index in [1.807, 2.05) is 0 Å². The summed E-state index contributed by atoms with van der Waals surface area (Å²) in [6, 6.07) is 0. The molecule has 1 rings (SSSR count). The topological polar surface area (TPSA) is 41.8 Å². The van der Waals surface area contributed by atoms with Crippen molar-refractivity contribution in [3.8, 4) is 0 Å². The molecule has 3 nitrogen and oxygen atoms in total. The maximum atomic E-state index is 9.88. The second-order valence-corrected chi connectivity index (χ2v) is 1.45. The van der Waals surface area contributed by atoms with Crippen LogP contribution in [0.2, 0.25) is 0 Å². The van der Waals surface area contributed by atoms with Crippen molar-refractivity contribution in [3.05, 3.63) is 5.57 Å². The van der Waals surface area contributed by atoms with E-state index in [4.69, 9.17) is 0 Å². The zero-order chi connectivity index (χ0) is 5.98. The van der Waals surface area contributed by atoms with E-state index in [1.165, 1.54) is 6.21 Å². The van der Waals surface area contributed by atoms with Gasteiger partial charge < -0.3 is 0 Å². The number of allylic oxidation sites excluding steroid dienone is 1. The molecule has 0 aliphatic carbocycles. The van der Waals surface area contributed by atoms with Crippen molar-refractivity contribution in [2.45, 2.75) is 6.92 Å². The quantitative estimate of drug-likeness (QED) is 0.409. The van der Waals surface area contributed by atoms with Gasteiger partial charge in [-0.15, -0.1) is 0 Å². The Bertz CT molecular complexity index is 208. The number of hydrogen-bond donors (Lipinski definition) is 0. The zero-order valence-electron chi connectivity index (χ0n) is 4.38. The first-order valence-electron chi connectivity index (χ1n) is 2.17. The lowest BCUT2D eigenvalue weighted by molar-refractivity contribution is 0.568. The second kappa shape index (κ2) is 1.72. The normalized spacial score (nSPS) is 16.1. The van der Waals surface area contributed by atoms with Crippen molar-refractivity contribution >= 4 is 17.9 Å². The summed E-state index contributed by atoms with van der Waals surface area (Å²) in [5.41, 5.74) is 1.09. The lowest BCUT2D eigenvalue weighted by Gasteiger charge is -1.78. The number of hydrogen-bond acceptors (Lipinski definition) is 3. The predicted octanol–water partition coefficient (Wildman–Crippen LogP) is 0.205. The largest absolute Gasteiger partial charge is 0.233 e. The summed E-state index contributed by atoms with van der Waals surface area (Å²) in [5.74, 6) is 1.70. The molecule has 0 fully saturated rings. The third-order valence-electron chi connectivity index (χ3n) is 0.894. The molecule has 0 saturated heterocycles. The molecule has 1 heterocycles. The molecule has 0 saturated carbocycles. The average Bonchev–Trinajstić information content (AvgIpc) is 2.14. The van der Waals surface area contributed by atoms with E-state index in [9.17, 15) is 4.79 Å². The van der Waals surface area contributed by atoms with E-state index in [1.54, 1.807) is 12.9 Å². The second-order valence-electron chi connectivity index (χ2n) is 1.45. The first kappa shape index (κ1) is 4.94. The first-order chi connectivity index (χ1) is 3.84. The van der Waals surface area contributed by atoms with Crippen molar-refractivity contribution < 1.29 is 4.79 Å². The molecule has 1 aliphatic heterocycles. The van der Waals surface area contributed by atoms with Crippen LogP contribution < -0.4 is 0 Å². The standard InChI is InChI=1S/C5H4N2O/c1-4-5(3-8)2-6-7-4/h2H,1H3. The summed E-state index contributed by atoms with van der Waals surface area (Å²) in [4.78, 5) is 9.88. The molecule has 0 spiro atoms. The lowest BCUT2D eigenvalue weighted by atomic mass is 10.2. The summed E-state index contributed by atoms with van der Waals surface area (Å²) in [5, 5.41) is 7.06. The molecule has 0 amide bonds. The molecule has 0 bridgehead atoms. The summed E-state index contributed by atoms with van der Waals surface area (Å²) in [7, 11) is 0. The van der Waals surface area contributed by atoms with Gasteiger partial charge in [-0.05, 0) is 6.92 Å².